The first kappa shape index (κ1) is 18.9. The molecule has 5 fully saturated rings. The number of thioether (sulfide) groups is 1. The standard InChI is InChI=1S/C21H27BrO4S/c1-13-9-10-16-20(3,22)18(27-14-7-5-4-6-8-14)23-17-21(16)15(13)11-12-19(2,24-17)25-26-21/h4-8,13,15-18H,9-12H2,1-3H3/t13-,15+,16+,17-,18?,19-,20?,21-/m1/s1. The Morgan fingerprint density at radius 1 is 1.07 bits per heavy atom. The molecule has 27 heavy (non-hydrogen) atoms. The van der Waals surface area contributed by atoms with Gasteiger partial charge in [-0.3, -0.25) is 0 Å². The van der Waals surface area contributed by atoms with Crippen molar-refractivity contribution >= 4 is 27.7 Å². The predicted octanol–water partition coefficient (Wildman–Crippen LogP) is 5.50. The number of alkyl halides is 1. The lowest BCUT2D eigenvalue weighted by Crippen LogP contribution is -2.73. The fourth-order valence-corrected chi connectivity index (χ4v) is 7.70. The molecule has 8 atom stereocenters. The van der Waals surface area contributed by atoms with Crippen LogP contribution in [0.4, 0.5) is 0 Å². The Morgan fingerprint density at radius 3 is 2.63 bits per heavy atom. The smallest absolute Gasteiger partial charge is 0.201 e. The molecule has 4 saturated heterocycles. The number of ether oxygens (including phenoxy) is 2. The van der Waals surface area contributed by atoms with Crippen LogP contribution in [0.15, 0.2) is 35.2 Å². The number of hydrogen-bond donors (Lipinski definition) is 0. The van der Waals surface area contributed by atoms with Crippen LogP contribution >= 0.6 is 27.7 Å². The molecular weight excluding hydrogens is 428 g/mol. The van der Waals surface area contributed by atoms with Gasteiger partial charge in [0, 0.05) is 17.2 Å². The van der Waals surface area contributed by atoms with Crippen LogP contribution in [0.2, 0.25) is 0 Å². The van der Waals surface area contributed by atoms with Gasteiger partial charge in [0.05, 0.1) is 4.32 Å². The number of hydrogen-bond acceptors (Lipinski definition) is 5. The highest BCUT2D eigenvalue weighted by Gasteiger charge is 2.72. The van der Waals surface area contributed by atoms with E-state index in [-0.39, 0.29) is 15.7 Å². The van der Waals surface area contributed by atoms with Gasteiger partial charge >= 0.3 is 0 Å². The summed E-state index contributed by atoms with van der Waals surface area (Å²) in [5.74, 6) is 0.486. The minimum absolute atomic E-state index is 0.0684. The molecule has 148 valence electrons. The second kappa shape index (κ2) is 6.44. The predicted molar refractivity (Wildman–Crippen MR) is 107 cm³/mol. The molecule has 1 saturated carbocycles. The molecule has 0 radical (unpaired) electrons. The fourth-order valence-electron chi connectivity index (χ4n) is 5.62. The number of rotatable bonds is 2. The van der Waals surface area contributed by atoms with Gasteiger partial charge in [0.2, 0.25) is 5.79 Å². The van der Waals surface area contributed by atoms with E-state index in [4.69, 9.17) is 19.2 Å². The number of benzene rings is 1. The van der Waals surface area contributed by atoms with Crippen LogP contribution in [0, 0.1) is 17.8 Å². The van der Waals surface area contributed by atoms with Crippen LogP contribution in [-0.4, -0.2) is 27.4 Å². The summed E-state index contributed by atoms with van der Waals surface area (Å²) >= 11 is 5.84. The van der Waals surface area contributed by atoms with Crippen LogP contribution in [0.1, 0.15) is 46.5 Å². The average molecular weight is 455 g/mol. The van der Waals surface area contributed by atoms with Crippen molar-refractivity contribution in [1.82, 2.24) is 0 Å². The van der Waals surface area contributed by atoms with E-state index in [1.165, 1.54) is 11.3 Å². The summed E-state index contributed by atoms with van der Waals surface area (Å²) < 4.78 is 12.8. The maximum Gasteiger partial charge on any atom is 0.201 e. The highest BCUT2D eigenvalue weighted by atomic mass is 79.9. The molecular formula is C21H27BrO4S. The van der Waals surface area contributed by atoms with Crippen molar-refractivity contribution in [3.63, 3.8) is 0 Å². The average Bonchev–Trinajstić information content (AvgIpc) is 2.86. The first-order chi connectivity index (χ1) is 12.9. The highest BCUT2D eigenvalue weighted by Crippen LogP contribution is 2.64. The number of halogens is 1. The van der Waals surface area contributed by atoms with Crippen molar-refractivity contribution in [2.45, 2.75) is 78.8 Å². The molecule has 5 aliphatic rings. The molecule has 1 spiro atoms. The zero-order chi connectivity index (χ0) is 18.9. The van der Waals surface area contributed by atoms with Crippen molar-refractivity contribution in [3.8, 4) is 0 Å². The molecule has 4 aliphatic heterocycles. The Bertz CT molecular complexity index is 715. The van der Waals surface area contributed by atoms with Gasteiger partial charge in [-0.2, -0.15) is 0 Å². The van der Waals surface area contributed by atoms with Crippen molar-refractivity contribution < 1.29 is 19.2 Å². The van der Waals surface area contributed by atoms with E-state index in [1.54, 1.807) is 11.8 Å². The van der Waals surface area contributed by atoms with E-state index in [2.05, 4.69) is 54.0 Å². The summed E-state index contributed by atoms with van der Waals surface area (Å²) in [6.07, 6.45) is 3.77. The largest absolute Gasteiger partial charge is 0.334 e. The second-order valence-electron chi connectivity index (χ2n) is 8.91. The minimum atomic E-state index is -0.723. The maximum atomic E-state index is 6.65. The van der Waals surface area contributed by atoms with E-state index in [0.717, 1.165) is 19.3 Å². The summed E-state index contributed by atoms with van der Waals surface area (Å²) in [7, 11) is 0. The monoisotopic (exact) mass is 454 g/mol. The Kier molecular flexibility index (Phi) is 4.51. The maximum absolute atomic E-state index is 6.65. The molecule has 1 aromatic rings. The van der Waals surface area contributed by atoms with E-state index < -0.39 is 17.7 Å². The molecule has 2 bridgehead atoms. The first-order valence-corrected chi connectivity index (χ1v) is 11.6. The molecule has 1 aromatic carbocycles. The van der Waals surface area contributed by atoms with Crippen molar-refractivity contribution in [2.75, 3.05) is 0 Å². The minimum Gasteiger partial charge on any atom is -0.334 e. The zero-order valence-corrected chi connectivity index (χ0v) is 18.4. The molecule has 4 nitrogen and oxygen atoms in total. The lowest BCUT2D eigenvalue weighted by atomic mass is 9.58. The second-order valence-corrected chi connectivity index (χ2v) is 11.8. The van der Waals surface area contributed by atoms with Crippen LogP contribution in [0.3, 0.4) is 0 Å². The summed E-state index contributed by atoms with van der Waals surface area (Å²) in [5.41, 5.74) is -0.610. The molecule has 0 amide bonds. The van der Waals surface area contributed by atoms with E-state index in [0.29, 0.717) is 11.8 Å². The zero-order valence-electron chi connectivity index (χ0n) is 16.0. The Morgan fingerprint density at radius 2 is 1.85 bits per heavy atom. The topological polar surface area (TPSA) is 36.9 Å². The highest BCUT2D eigenvalue weighted by molar-refractivity contribution is 9.10. The fraction of sp³-hybridized carbons (Fsp3) is 0.714. The van der Waals surface area contributed by atoms with E-state index in [1.807, 2.05) is 13.0 Å². The molecule has 1 aliphatic carbocycles. The number of fused-ring (bicyclic) bond motifs is 2. The van der Waals surface area contributed by atoms with Crippen molar-refractivity contribution in [1.29, 1.82) is 0 Å². The lowest BCUT2D eigenvalue weighted by Gasteiger charge is -2.62. The Labute approximate surface area is 173 Å². The van der Waals surface area contributed by atoms with Gasteiger partial charge in [0.25, 0.3) is 0 Å². The van der Waals surface area contributed by atoms with Gasteiger partial charge < -0.3 is 9.47 Å². The summed E-state index contributed by atoms with van der Waals surface area (Å²) in [6.45, 7) is 6.56. The molecule has 0 N–H and O–H groups in total. The SMILES string of the molecule is C[C@@H]1CC[C@H]2C(C)(Br)C(Sc3ccccc3)O[C@@H]3O[C@@]4(C)CC[C@@H]1[C@]32OO4. The molecule has 6 rings (SSSR count). The van der Waals surface area contributed by atoms with Crippen LogP contribution < -0.4 is 0 Å². The third-order valence-corrected chi connectivity index (χ3v) is 9.72. The van der Waals surface area contributed by atoms with Crippen molar-refractivity contribution in [3.05, 3.63) is 30.3 Å². The lowest BCUT2D eigenvalue weighted by molar-refractivity contribution is -0.566. The van der Waals surface area contributed by atoms with Crippen LogP contribution in [-0.2, 0) is 19.2 Å². The van der Waals surface area contributed by atoms with Gasteiger partial charge in [-0.05, 0) is 57.1 Å². The third kappa shape index (κ3) is 2.78. The van der Waals surface area contributed by atoms with Gasteiger partial charge in [-0.15, -0.1) is 0 Å². The molecule has 6 heteroatoms. The van der Waals surface area contributed by atoms with Crippen LogP contribution in [0.25, 0.3) is 0 Å². The normalized spacial score (nSPS) is 51.5. The quantitative estimate of drug-likeness (QED) is 0.435. The molecule has 4 heterocycles. The van der Waals surface area contributed by atoms with Crippen molar-refractivity contribution in [2.24, 2.45) is 17.8 Å². The van der Waals surface area contributed by atoms with E-state index in [9.17, 15) is 0 Å². The summed E-state index contributed by atoms with van der Waals surface area (Å²) in [6, 6.07) is 10.4. The van der Waals surface area contributed by atoms with Crippen LogP contribution in [0.5, 0.6) is 0 Å². The molecule has 0 aromatic heterocycles. The van der Waals surface area contributed by atoms with Gasteiger partial charge in [0.15, 0.2) is 11.9 Å². The summed E-state index contributed by atoms with van der Waals surface area (Å²) in [4.78, 5) is 13.3. The Hall–Kier alpha value is -0.110. The van der Waals surface area contributed by atoms with Gasteiger partial charge in [0.1, 0.15) is 5.44 Å². The third-order valence-electron chi connectivity index (χ3n) is 7.09. The molecule has 2 unspecified atom stereocenters. The van der Waals surface area contributed by atoms with Gasteiger partial charge in [-0.1, -0.05) is 52.8 Å². The van der Waals surface area contributed by atoms with E-state index >= 15 is 0 Å². The Balaban J connectivity index is 1.55. The van der Waals surface area contributed by atoms with Gasteiger partial charge in [-0.25, -0.2) is 9.78 Å². The summed E-state index contributed by atoms with van der Waals surface area (Å²) in [5, 5.41) is 0. The first-order valence-electron chi connectivity index (χ1n) is 9.96.